The number of hydrogen-bond acceptors (Lipinski definition) is 8. The third-order valence-corrected chi connectivity index (χ3v) is 4.89. The predicted octanol–water partition coefficient (Wildman–Crippen LogP) is 3.64. The number of halogens is 2. The second-order valence-corrected chi connectivity index (χ2v) is 7.37. The average Bonchev–Trinajstić information content (AvgIpc) is 2.77. The number of benzene rings is 2. The molecule has 2 aromatic carbocycles. The Morgan fingerprint density at radius 2 is 1.97 bits per heavy atom. The summed E-state index contributed by atoms with van der Waals surface area (Å²) < 4.78 is 10.4. The summed E-state index contributed by atoms with van der Waals surface area (Å²) in [5, 5.41) is 17.7. The minimum Gasteiger partial charge on any atom is -0.454 e. The maximum absolute atomic E-state index is 11.9. The maximum Gasteiger partial charge on any atom is 0.414 e. The maximum atomic E-state index is 11.9. The second kappa shape index (κ2) is 10.7. The molecular formula is C21H17Cl2N5O5. The number of hydrazone groups is 1. The fourth-order valence-corrected chi connectivity index (χ4v) is 3.44. The van der Waals surface area contributed by atoms with Gasteiger partial charge in [0.25, 0.3) is 11.8 Å². The first-order valence-corrected chi connectivity index (χ1v) is 10.4. The van der Waals surface area contributed by atoms with Crippen molar-refractivity contribution in [3.05, 3.63) is 51.5 Å². The smallest absolute Gasteiger partial charge is 0.414 e. The number of carbonyl (C=O) groups excluding carboxylic acids is 3. The van der Waals surface area contributed by atoms with Crippen molar-refractivity contribution in [2.45, 2.75) is 13.3 Å². The van der Waals surface area contributed by atoms with Crippen molar-refractivity contribution in [2.75, 3.05) is 18.6 Å². The SMILES string of the molecule is CCOC(=O)NC(=O)C(C#N)=NNc1cc(Cl)c(Oc2ccc3c(c2)CCNC3=O)c(Cl)c1. The summed E-state index contributed by atoms with van der Waals surface area (Å²) in [4.78, 5) is 35.1. The van der Waals surface area contributed by atoms with Crippen LogP contribution in [0.4, 0.5) is 10.5 Å². The molecule has 170 valence electrons. The van der Waals surface area contributed by atoms with Gasteiger partial charge < -0.3 is 14.8 Å². The molecule has 0 saturated heterocycles. The molecule has 1 heterocycles. The summed E-state index contributed by atoms with van der Waals surface area (Å²) in [7, 11) is 0. The molecule has 3 rings (SSSR count). The summed E-state index contributed by atoms with van der Waals surface area (Å²) in [6.07, 6.45) is -0.327. The lowest BCUT2D eigenvalue weighted by molar-refractivity contribution is -0.114. The van der Waals surface area contributed by atoms with Crippen molar-refractivity contribution < 1.29 is 23.9 Å². The second-order valence-electron chi connectivity index (χ2n) is 6.55. The van der Waals surface area contributed by atoms with Crippen LogP contribution in [0.2, 0.25) is 10.0 Å². The van der Waals surface area contributed by atoms with Crippen LogP contribution < -0.4 is 20.8 Å². The summed E-state index contributed by atoms with van der Waals surface area (Å²) >= 11 is 12.6. The highest BCUT2D eigenvalue weighted by molar-refractivity contribution is 6.47. The minimum absolute atomic E-state index is 0.0581. The number of nitrogens with zero attached hydrogens (tertiary/aromatic N) is 2. The van der Waals surface area contributed by atoms with E-state index < -0.39 is 17.7 Å². The molecule has 3 N–H and O–H groups in total. The van der Waals surface area contributed by atoms with E-state index in [1.54, 1.807) is 31.2 Å². The van der Waals surface area contributed by atoms with E-state index in [9.17, 15) is 14.4 Å². The van der Waals surface area contributed by atoms with Gasteiger partial charge in [0.2, 0.25) is 5.71 Å². The number of nitriles is 1. The van der Waals surface area contributed by atoms with Crippen LogP contribution in [0, 0.1) is 11.3 Å². The predicted molar refractivity (Wildman–Crippen MR) is 121 cm³/mol. The third-order valence-electron chi connectivity index (χ3n) is 4.33. The Bertz CT molecular complexity index is 1170. The number of hydrogen-bond donors (Lipinski definition) is 3. The first kappa shape index (κ1) is 23.8. The summed E-state index contributed by atoms with van der Waals surface area (Å²) in [5.74, 6) is -0.550. The van der Waals surface area contributed by atoms with Crippen LogP contribution in [0.15, 0.2) is 35.4 Å². The van der Waals surface area contributed by atoms with Gasteiger partial charge in [-0.1, -0.05) is 23.2 Å². The molecule has 1 aliphatic rings. The van der Waals surface area contributed by atoms with Crippen LogP contribution in [-0.2, 0) is 16.0 Å². The van der Waals surface area contributed by atoms with Crippen molar-refractivity contribution in [3.8, 4) is 17.6 Å². The highest BCUT2D eigenvalue weighted by atomic mass is 35.5. The molecular weight excluding hydrogens is 473 g/mol. The van der Waals surface area contributed by atoms with Crippen LogP contribution >= 0.6 is 23.2 Å². The largest absolute Gasteiger partial charge is 0.454 e. The summed E-state index contributed by atoms with van der Waals surface area (Å²) in [6.45, 7) is 2.17. The lowest BCUT2D eigenvalue weighted by Gasteiger charge is -2.18. The molecule has 0 aromatic heterocycles. The van der Waals surface area contributed by atoms with Gasteiger partial charge in [-0.05, 0) is 49.2 Å². The molecule has 0 fully saturated rings. The molecule has 1 aliphatic heterocycles. The molecule has 3 amide bonds. The number of nitrogens with one attached hydrogen (secondary N) is 3. The Morgan fingerprint density at radius 1 is 1.24 bits per heavy atom. The van der Waals surface area contributed by atoms with Crippen molar-refractivity contribution in [1.29, 1.82) is 5.26 Å². The molecule has 0 aliphatic carbocycles. The fraction of sp³-hybridized carbons (Fsp3) is 0.190. The molecule has 2 aromatic rings. The monoisotopic (exact) mass is 489 g/mol. The fourth-order valence-electron chi connectivity index (χ4n) is 2.87. The van der Waals surface area contributed by atoms with Gasteiger partial charge in [-0.2, -0.15) is 10.4 Å². The standard InChI is InChI=1S/C21H17Cl2N5O5/c1-2-32-21(31)26-20(30)17(10-24)28-27-12-8-15(22)18(16(23)9-12)33-13-3-4-14-11(7-13)5-6-25-19(14)29/h3-4,7-9,27H,2,5-6H2,1H3,(H,25,29)(H,26,30,31). The number of rotatable bonds is 6. The minimum atomic E-state index is -1.04. The van der Waals surface area contributed by atoms with E-state index in [0.717, 1.165) is 5.56 Å². The molecule has 10 nitrogen and oxygen atoms in total. The summed E-state index contributed by atoms with van der Waals surface area (Å²) in [6, 6.07) is 9.47. The molecule has 33 heavy (non-hydrogen) atoms. The molecule has 0 unspecified atom stereocenters. The average molecular weight is 490 g/mol. The molecule has 12 heteroatoms. The van der Waals surface area contributed by atoms with Gasteiger partial charge >= 0.3 is 6.09 Å². The zero-order chi connectivity index (χ0) is 24.0. The van der Waals surface area contributed by atoms with Crippen molar-refractivity contribution in [1.82, 2.24) is 10.6 Å². The number of alkyl carbamates (subject to hydrolysis) is 1. The van der Waals surface area contributed by atoms with Gasteiger partial charge in [0.05, 0.1) is 22.3 Å². The third kappa shape index (κ3) is 5.91. The summed E-state index contributed by atoms with van der Waals surface area (Å²) in [5.41, 5.74) is 3.56. The van der Waals surface area contributed by atoms with Gasteiger partial charge in [0.1, 0.15) is 11.8 Å². The van der Waals surface area contributed by atoms with Crippen LogP contribution in [-0.4, -0.2) is 36.8 Å². The van der Waals surface area contributed by atoms with Gasteiger partial charge in [0.15, 0.2) is 5.75 Å². The molecule has 0 radical (unpaired) electrons. The van der Waals surface area contributed by atoms with Crippen LogP contribution in [0.25, 0.3) is 0 Å². The molecule has 0 bridgehead atoms. The molecule has 0 atom stereocenters. The van der Waals surface area contributed by atoms with Crippen LogP contribution in [0.5, 0.6) is 11.5 Å². The lowest BCUT2D eigenvalue weighted by Crippen LogP contribution is -2.36. The van der Waals surface area contributed by atoms with E-state index in [1.807, 2.05) is 5.32 Å². The van der Waals surface area contributed by atoms with E-state index in [-0.39, 0.29) is 34.0 Å². The van der Waals surface area contributed by atoms with Crippen molar-refractivity contribution in [2.24, 2.45) is 5.10 Å². The zero-order valence-electron chi connectivity index (χ0n) is 17.2. The van der Waals surface area contributed by atoms with E-state index in [2.05, 4.69) is 20.6 Å². The zero-order valence-corrected chi connectivity index (χ0v) is 18.7. The van der Waals surface area contributed by atoms with E-state index in [0.29, 0.717) is 24.3 Å². The Hall–Kier alpha value is -3.81. The van der Waals surface area contributed by atoms with Gasteiger partial charge in [-0.25, -0.2) is 4.79 Å². The topological polar surface area (TPSA) is 142 Å². The van der Waals surface area contributed by atoms with Gasteiger partial charge in [-0.3, -0.25) is 20.3 Å². The first-order valence-electron chi connectivity index (χ1n) is 9.62. The van der Waals surface area contributed by atoms with Crippen LogP contribution in [0.1, 0.15) is 22.8 Å². The Morgan fingerprint density at radius 3 is 2.64 bits per heavy atom. The van der Waals surface area contributed by atoms with Gasteiger partial charge in [-0.15, -0.1) is 0 Å². The molecule has 0 spiro atoms. The van der Waals surface area contributed by atoms with Gasteiger partial charge in [0, 0.05) is 12.1 Å². The van der Waals surface area contributed by atoms with Crippen molar-refractivity contribution >= 4 is 52.5 Å². The quantitative estimate of drug-likeness (QED) is 0.415. The Labute approximate surface area is 198 Å². The highest BCUT2D eigenvalue weighted by Crippen LogP contribution is 2.39. The number of fused-ring (bicyclic) bond motifs is 1. The van der Waals surface area contributed by atoms with E-state index in [1.165, 1.54) is 12.1 Å². The number of ether oxygens (including phenoxy) is 2. The Kier molecular flexibility index (Phi) is 7.71. The lowest BCUT2D eigenvalue weighted by atomic mass is 10.0. The first-order chi connectivity index (χ1) is 15.8. The number of anilines is 1. The number of amides is 3. The number of imide groups is 1. The van der Waals surface area contributed by atoms with Crippen LogP contribution in [0.3, 0.4) is 0 Å². The Balaban J connectivity index is 1.74. The number of carbonyl (C=O) groups is 3. The van der Waals surface area contributed by atoms with Crippen molar-refractivity contribution in [3.63, 3.8) is 0 Å². The molecule has 0 saturated carbocycles. The highest BCUT2D eigenvalue weighted by Gasteiger charge is 2.19. The van der Waals surface area contributed by atoms with E-state index >= 15 is 0 Å². The van der Waals surface area contributed by atoms with E-state index in [4.69, 9.17) is 33.2 Å². The normalized spacial score (nSPS) is 12.7.